The number of hydrogen-bond acceptors (Lipinski definition) is 2. The summed E-state index contributed by atoms with van der Waals surface area (Å²) in [6.07, 6.45) is 3.38. The fraction of sp³-hybridized carbons (Fsp3) is 0.348. The van der Waals surface area contributed by atoms with Crippen LogP contribution in [-0.2, 0) is 16.6 Å². The average Bonchev–Trinajstić information content (AvgIpc) is 2.98. The molecule has 0 spiro atoms. The average molecular weight is 351 g/mol. The standard InChI is InChI=1S/C23H26FNO/c1-16-5-4-6-22(17(16)2)23(15-26)12-19(20(13-23)14-25-3)11-18-7-9-21(24)10-8-18/h4-10,15,25H,11-14H2,1-3H3/t23-/m0/s1. The number of aldehydes is 1. The molecule has 0 bridgehead atoms. The van der Waals surface area contributed by atoms with Crippen LogP contribution in [-0.4, -0.2) is 19.9 Å². The number of allylic oxidation sites excluding steroid dienone is 1. The molecule has 1 aliphatic carbocycles. The van der Waals surface area contributed by atoms with Crippen molar-refractivity contribution in [2.24, 2.45) is 0 Å². The number of carbonyl (C=O) groups is 1. The van der Waals surface area contributed by atoms with E-state index in [2.05, 4.69) is 31.3 Å². The normalized spacial score (nSPS) is 19.8. The maximum atomic E-state index is 13.2. The summed E-state index contributed by atoms with van der Waals surface area (Å²) in [6, 6.07) is 12.9. The predicted molar refractivity (Wildman–Crippen MR) is 104 cm³/mol. The van der Waals surface area contributed by atoms with Crippen LogP contribution in [0, 0.1) is 19.7 Å². The van der Waals surface area contributed by atoms with Gasteiger partial charge in [-0.05, 0) is 74.5 Å². The molecule has 1 aliphatic rings. The van der Waals surface area contributed by atoms with E-state index in [1.807, 2.05) is 25.2 Å². The first-order valence-corrected chi connectivity index (χ1v) is 9.11. The van der Waals surface area contributed by atoms with Gasteiger partial charge in [-0.15, -0.1) is 0 Å². The maximum absolute atomic E-state index is 13.2. The summed E-state index contributed by atoms with van der Waals surface area (Å²) in [5, 5.41) is 3.24. The maximum Gasteiger partial charge on any atom is 0.131 e. The third-order valence-electron chi connectivity index (χ3n) is 5.65. The van der Waals surface area contributed by atoms with Crippen molar-refractivity contribution in [2.45, 2.75) is 38.5 Å². The van der Waals surface area contributed by atoms with Gasteiger partial charge in [0.25, 0.3) is 0 Å². The van der Waals surface area contributed by atoms with Crippen molar-refractivity contribution in [1.82, 2.24) is 5.32 Å². The van der Waals surface area contributed by atoms with E-state index < -0.39 is 5.41 Å². The minimum absolute atomic E-state index is 0.220. The zero-order valence-electron chi connectivity index (χ0n) is 15.7. The summed E-state index contributed by atoms with van der Waals surface area (Å²) in [7, 11) is 1.93. The van der Waals surface area contributed by atoms with Crippen molar-refractivity contribution in [3.05, 3.63) is 81.7 Å². The number of nitrogens with one attached hydrogen (secondary N) is 1. The third-order valence-corrected chi connectivity index (χ3v) is 5.65. The Kier molecular flexibility index (Phi) is 5.38. The fourth-order valence-corrected chi connectivity index (χ4v) is 4.14. The van der Waals surface area contributed by atoms with E-state index in [0.717, 1.165) is 43.2 Å². The molecule has 0 saturated carbocycles. The second-order valence-corrected chi connectivity index (χ2v) is 7.42. The molecule has 26 heavy (non-hydrogen) atoms. The van der Waals surface area contributed by atoms with Crippen molar-refractivity contribution in [1.29, 1.82) is 0 Å². The predicted octanol–water partition coefficient (Wildman–Crippen LogP) is 4.43. The van der Waals surface area contributed by atoms with E-state index in [1.54, 1.807) is 0 Å². The number of aryl methyl sites for hydroxylation is 1. The zero-order chi connectivity index (χ0) is 18.7. The summed E-state index contributed by atoms with van der Waals surface area (Å²) in [5.74, 6) is -0.220. The molecule has 0 saturated heterocycles. The highest BCUT2D eigenvalue weighted by Crippen LogP contribution is 2.45. The van der Waals surface area contributed by atoms with E-state index in [9.17, 15) is 9.18 Å². The second-order valence-electron chi connectivity index (χ2n) is 7.42. The van der Waals surface area contributed by atoms with Gasteiger partial charge >= 0.3 is 0 Å². The van der Waals surface area contributed by atoms with Gasteiger partial charge in [-0.3, -0.25) is 0 Å². The van der Waals surface area contributed by atoms with E-state index in [4.69, 9.17) is 0 Å². The molecule has 0 heterocycles. The highest BCUT2D eigenvalue weighted by Gasteiger charge is 2.40. The molecular formula is C23H26FNO. The lowest BCUT2D eigenvalue weighted by molar-refractivity contribution is -0.112. The first kappa shape index (κ1) is 18.5. The molecule has 0 aromatic heterocycles. The number of hydrogen-bond donors (Lipinski definition) is 1. The molecule has 1 N–H and O–H groups in total. The van der Waals surface area contributed by atoms with Gasteiger partial charge in [0.2, 0.25) is 0 Å². The molecule has 136 valence electrons. The number of carbonyl (C=O) groups excluding carboxylic acids is 1. The molecular weight excluding hydrogens is 325 g/mol. The largest absolute Gasteiger partial charge is 0.316 e. The Hall–Kier alpha value is -2.26. The molecule has 0 aliphatic heterocycles. The van der Waals surface area contributed by atoms with Crippen LogP contribution in [0.5, 0.6) is 0 Å². The molecule has 2 nitrogen and oxygen atoms in total. The molecule has 1 atom stereocenters. The Bertz CT molecular complexity index is 838. The van der Waals surface area contributed by atoms with Crippen LogP contribution >= 0.6 is 0 Å². The number of rotatable bonds is 6. The summed E-state index contributed by atoms with van der Waals surface area (Å²) in [4.78, 5) is 12.3. The van der Waals surface area contributed by atoms with Crippen molar-refractivity contribution in [2.75, 3.05) is 13.6 Å². The Balaban J connectivity index is 1.96. The van der Waals surface area contributed by atoms with Crippen molar-refractivity contribution in [3.63, 3.8) is 0 Å². The number of likely N-dealkylation sites (N-methyl/N-ethyl adjacent to an activating group) is 1. The minimum Gasteiger partial charge on any atom is -0.316 e. The van der Waals surface area contributed by atoms with Gasteiger partial charge in [0.1, 0.15) is 12.1 Å². The van der Waals surface area contributed by atoms with Gasteiger partial charge in [0, 0.05) is 6.54 Å². The van der Waals surface area contributed by atoms with Crippen molar-refractivity contribution >= 4 is 6.29 Å². The van der Waals surface area contributed by atoms with E-state index >= 15 is 0 Å². The SMILES string of the molecule is CNCC1=C(Cc2ccc(F)cc2)C[C@](C=O)(c2cccc(C)c2C)C1. The topological polar surface area (TPSA) is 29.1 Å². The Morgan fingerprint density at radius 1 is 1.08 bits per heavy atom. The smallest absolute Gasteiger partial charge is 0.131 e. The molecule has 3 heteroatoms. The van der Waals surface area contributed by atoms with E-state index in [1.165, 1.54) is 34.4 Å². The first-order valence-electron chi connectivity index (χ1n) is 9.11. The Morgan fingerprint density at radius 2 is 1.77 bits per heavy atom. The molecule has 2 aromatic carbocycles. The molecule has 0 amide bonds. The van der Waals surface area contributed by atoms with Crippen LogP contribution in [0.4, 0.5) is 4.39 Å². The summed E-state index contributed by atoms with van der Waals surface area (Å²) >= 11 is 0. The highest BCUT2D eigenvalue weighted by atomic mass is 19.1. The van der Waals surface area contributed by atoms with Crippen LogP contribution in [0.25, 0.3) is 0 Å². The summed E-state index contributed by atoms with van der Waals surface area (Å²) in [6.45, 7) is 4.97. The molecule has 2 aromatic rings. The lowest BCUT2D eigenvalue weighted by Gasteiger charge is -2.27. The van der Waals surface area contributed by atoms with Crippen LogP contribution in [0.1, 0.15) is 35.1 Å². The van der Waals surface area contributed by atoms with Crippen LogP contribution < -0.4 is 5.32 Å². The third kappa shape index (κ3) is 3.49. The molecule has 0 unspecified atom stereocenters. The summed E-state index contributed by atoms with van der Waals surface area (Å²) in [5.41, 5.74) is 6.73. The first-order chi connectivity index (χ1) is 12.5. The van der Waals surface area contributed by atoms with Gasteiger partial charge in [-0.25, -0.2) is 4.39 Å². The number of halogens is 1. The Morgan fingerprint density at radius 3 is 2.42 bits per heavy atom. The monoisotopic (exact) mass is 351 g/mol. The van der Waals surface area contributed by atoms with E-state index in [-0.39, 0.29) is 5.82 Å². The highest BCUT2D eigenvalue weighted by molar-refractivity contribution is 5.73. The molecule has 3 rings (SSSR count). The van der Waals surface area contributed by atoms with Gasteiger partial charge in [0.05, 0.1) is 5.41 Å². The number of benzene rings is 2. The van der Waals surface area contributed by atoms with Crippen molar-refractivity contribution < 1.29 is 9.18 Å². The molecule has 0 radical (unpaired) electrons. The van der Waals surface area contributed by atoms with Gasteiger partial charge in [-0.2, -0.15) is 0 Å². The van der Waals surface area contributed by atoms with Crippen LogP contribution in [0.3, 0.4) is 0 Å². The van der Waals surface area contributed by atoms with Gasteiger partial charge in [-0.1, -0.05) is 41.5 Å². The van der Waals surface area contributed by atoms with Crippen LogP contribution in [0.15, 0.2) is 53.6 Å². The minimum atomic E-state index is -0.488. The fourth-order valence-electron chi connectivity index (χ4n) is 4.14. The lowest BCUT2D eigenvalue weighted by atomic mass is 9.75. The Labute approximate surface area is 155 Å². The van der Waals surface area contributed by atoms with Gasteiger partial charge in [0.15, 0.2) is 0 Å². The quantitative estimate of drug-likeness (QED) is 0.616. The molecule has 0 fully saturated rings. The summed E-state index contributed by atoms with van der Waals surface area (Å²) < 4.78 is 13.2. The lowest BCUT2D eigenvalue weighted by Crippen LogP contribution is -2.27. The van der Waals surface area contributed by atoms with Crippen LogP contribution in [0.2, 0.25) is 0 Å². The van der Waals surface area contributed by atoms with Gasteiger partial charge < -0.3 is 10.1 Å². The van der Waals surface area contributed by atoms with E-state index in [0.29, 0.717) is 0 Å². The zero-order valence-corrected chi connectivity index (χ0v) is 15.7. The van der Waals surface area contributed by atoms with Crippen molar-refractivity contribution in [3.8, 4) is 0 Å². The second kappa shape index (κ2) is 7.55.